The van der Waals surface area contributed by atoms with E-state index in [0.717, 1.165) is 22.6 Å². The first-order valence-corrected chi connectivity index (χ1v) is 13.0. The van der Waals surface area contributed by atoms with E-state index in [4.69, 9.17) is 9.84 Å². The van der Waals surface area contributed by atoms with E-state index in [9.17, 15) is 14.5 Å². The lowest BCUT2D eigenvalue weighted by atomic mass is 10.1. The number of thiazole rings is 1. The van der Waals surface area contributed by atoms with Crippen LogP contribution in [0, 0.1) is 4.91 Å². The number of nitroso groups, excluding NO2 is 1. The molecule has 10 nitrogen and oxygen atoms in total. The van der Waals surface area contributed by atoms with Gasteiger partial charge in [-0.2, -0.15) is 19.7 Å². The maximum Gasteiger partial charge on any atom is 0.296 e. The van der Waals surface area contributed by atoms with Crippen molar-refractivity contribution in [2.45, 2.75) is 6.42 Å². The van der Waals surface area contributed by atoms with Crippen molar-refractivity contribution in [3.63, 3.8) is 0 Å². The highest BCUT2D eigenvalue weighted by atomic mass is 32.1. The zero-order valence-corrected chi connectivity index (χ0v) is 21.9. The maximum absolute atomic E-state index is 13.4. The Morgan fingerprint density at radius 2 is 1.73 bits per heavy atom. The summed E-state index contributed by atoms with van der Waals surface area (Å²) in [6, 6.07) is 23.9. The largest absolute Gasteiger partial charge is 0.494 e. The SMILES string of the molecule is COc1ccc(-c2nn(-c3ccccc3)cc2C=c2sc3nc(=O)c(Cc4ccccc4)nn3c2=O)cc1N=O. The average Bonchev–Trinajstić information content (AvgIpc) is 3.54. The molecule has 0 aliphatic rings. The van der Waals surface area contributed by atoms with Crippen molar-refractivity contribution in [3.05, 3.63) is 132 Å². The summed E-state index contributed by atoms with van der Waals surface area (Å²) in [5.74, 6) is 0.339. The molecule has 0 fully saturated rings. The van der Waals surface area contributed by atoms with Crippen molar-refractivity contribution >= 4 is 28.1 Å². The lowest BCUT2D eigenvalue weighted by Crippen LogP contribution is -2.28. The summed E-state index contributed by atoms with van der Waals surface area (Å²) in [6.45, 7) is 0. The molecule has 0 bridgehead atoms. The Hall–Kier alpha value is -5.29. The number of nitrogens with zero attached hydrogens (tertiary/aromatic N) is 6. The number of ether oxygens (including phenoxy) is 1. The second-order valence-corrected chi connectivity index (χ2v) is 9.84. The zero-order chi connectivity index (χ0) is 27.6. The Balaban J connectivity index is 1.51. The molecule has 0 spiro atoms. The summed E-state index contributed by atoms with van der Waals surface area (Å²) in [5.41, 5.74) is 2.90. The summed E-state index contributed by atoms with van der Waals surface area (Å²) in [6.07, 6.45) is 3.74. The molecule has 0 atom stereocenters. The second-order valence-electron chi connectivity index (χ2n) is 8.83. The fraction of sp³-hybridized carbons (Fsp3) is 0.0690. The Labute approximate surface area is 230 Å². The average molecular weight is 549 g/mol. The summed E-state index contributed by atoms with van der Waals surface area (Å²) >= 11 is 1.07. The molecule has 3 aromatic carbocycles. The fourth-order valence-electron chi connectivity index (χ4n) is 4.32. The third-order valence-electron chi connectivity index (χ3n) is 6.27. The third kappa shape index (κ3) is 4.69. The Morgan fingerprint density at radius 3 is 2.45 bits per heavy atom. The van der Waals surface area contributed by atoms with Crippen LogP contribution < -0.4 is 20.4 Å². The predicted molar refractivity (Wildman–Crippen MR) is 152 cm³/mol. The van der Waals surface area contributed by atoms with Gasteiger partial charge in [-0.25, -0.2) is 4.68 Å². The van der Waals surface area contributed by atoms with E-state index < -0.39 is 11.1 Å². The molecular weight excluding hydrogens is 528 g/mol. The van der Waals surface area contributed by atoms with Crippen molar-refractivity contribution in [2.24, 2.45) is 5.18 Å². The highest BCUT2D eigenvalue weighted by molar-refractivity contribution is 7.15. The summed E-state index contributed by atoms with van der Waals surface area (Å²) < 4.78 is 8.41. The Morgan fingerprint density at radius 1 is 0.975 bits per heavy atom. The minimum atomic E-state index is -0.471. The molecule has 0 radical (unpaired) electrons. The van der Waals surface area contributed by atoms with Gasteiger partial charge in [-0.1, -0.05) is 59.9 Å². The van der Waals surface area contributed by atoms with Crippen molar-refractivity contribution < 1.29 is 4.74 Å². The van der Waals surface area contributed by atoms with Gasteiger partial charge < -0.3 is 4.74 Å². The monoisotopic (exact) mass is 548 g/mol. The summed E-state index contributed by atoms with van der Waals surface area (Å²) in [7, 11) is 1.46. The molecule has 11 heteroatoms. The quantitative estimate of drug-likeness (QED) is 0.277. The maximum atomic E-state index is 13.4. The number of methoxy groups -OCH3 is 1. The van der Waals surface area contributed by atoms with Crippen molar-refractivity contribution in [1.29, 1.82) is 0 Å². The Bertz CT molecular complexity index is 2030. The minimum Gasteiger partial charge on any atom is -0.494 e. The predicted octanol–water partition coefficient (Wildman–Crippen LogP) is 3.91. The minimum absolute atomic E-state index is 0.129. The van der Waals surface area contributed by atoms with E-state index in [1.165, 1.54) is 11.6 Å². The van der Waals surface area contributed by atoms with Crippen LogP contribution in [0.3, 0.4) is 0 Å². The number of para-hydroxylation sites is 1. The standard InChI is InChI=1S/C29H20N6O4S/c1-39-24-13-12-19(15-22(24)33-38)26-20(17-34(32-26)21-10-6-3-7-11-21)16-25-28(37)35-29(40-25)30-27(36)23(31-35)14-18-8-4-2-5-9-18/h2-13,15-17H,14H2,1H3. The molecule has 0 N–H and O–H groups in total. The number of hydrogen-bond acceptors (Lipinski definition) is 9. The van der Waals surface area contributed by atoms with Gasteiger partial charge in [-0.3, -0.25) is 9.59 Å². The number of hydrogen-bond donors (Lipinski definition) is 0. The van der Waals surface area contributed by atoms with Crippen molar-refractivity contribution in [2.75, 3.05) is 7.11 Å². The number of aromatic nitrogens is 5. The topological polar surface area (TPSA) is 121 Å². The normalized spacial score (nSPS) is 11.7. The molecule has 3 heterocycles. The van der Waals surface area contributed by atoms with Crippen LogP contribution in [0.4, 0.5) is 5.69 Å². The highest BCUT2D eigenvalue weighted by Crippen LogP contribution is 2.34. The lowest BCUT2D eigenvalue weighted by molar-refractivity contribution is 0.416. The van der Waals surface area contributed by atoms with Crippen molar-refractivity contribution in [3.8, 4) is 22.7 Å². The van der Waals surface area contributed by atoms with E-state index >= 15 is 0 Å². The van der Waals surface area contributed by atoms with E-state index in [2.05, 4.69) is 15.3 Å². The van der Waals surface area contributed by atoms with Crippen LogP contribution in [0.15, 0.2) is 99.8 Å². The zero-order valence-electron chi connectivity index (χ0n) is 21.1. The second kappa shape index (κ2) is 10.5. The molecule has 196 valence electrons. The first-order chi connectivity index (χ1) is 19.5. The molecule has 0 unspecified atom stereocenters. The van der Waals surface area contributed by atoms with E-state index in [1.54, 1.807) is 35.2 Å². The molecule has 40 heavy (non-hydrogen) atoms. The number of fused-ring (bicyclic) bond motifs is 1. The molecule has 6 aromatic rings. The van der Waals surface area contributed by atoms with Gasteiger partial charge in [0, 0.05) is 23.7 Å². The molecule has 0 saturated heterocycles. The van der Waals surface area contributed by atoms with E-state index in [0.29, 0.717) is 27.1 Å². The first-order valence-electron chi connectivity index (χ1n) is 12.2. The number of benzene rings is 3. The van der Waals surface area contributed by atoms with Crippen LogP contribution >= 0.6 is 11.3 Å². The summed E-state index contributed by atoms with van der Waals surface area (Å²) in [5, 5.41) is 12.2. The summed E-state index contributed by atoms with van der Waals surface area (Å²) in [4.78, 5) is 41.8. The van der Waals surface area contributed by atoms with Crippen LogP contribution in [0.25, 0.3) is 28.0 Å². The molecule has 0 amide bonds. The van der Waals surface area contributed by atoms with Crippen LogP contribution in [-0.4, -0.2) is 31.5 Å². The molecule has 6 rings (SSSR count). The van der Waals surface area contributed by atoms with Gasteiger partial charge in [-0.05, 0) is 47.1 Å². The van der Waals surface area contributed by atoms with Crippen LogP contribution in [-0.2, 0) is 6.42 Å². The van der Waals surface area contributed by atoms with Crippen LogP contribution in [0.1, 0.15) is 16.8 Å². The van der Waals surface area contributed by atoms with Gasteiger partial charge in [0.2, 0.25) is 4.96 Å². The van der Waals surface area contributed by atoms with E-state index in [-0.39, 0.29) is 22.8 Å². The van der Waals surface area contributed by atoms with Gasteiger partial charge in [0.1, 0.15) is 17.1 Å². The molecular formula is C29H20N6O4S. The number of rotatable bonds is 7. The van der Waals surface area contributed by atoms with Gasteiger partial charge in [-0.15, -0.1) is 4.91 Å². The molecule has 0 aliphatic carbocycles. The van der Waals surface area contributed by atoms with E-state index in [1.807, 2.05) is 60.7 Å². The molecule has 0 aliphatic heterocycles. The van der Waals surface area contributed by atoms with Crippen molar-refractivity contribution in [1.82, 2.24) is 24.4 Å². The van der Waals surface area contributed by atoms with Gasteiger partial charge in [0.05, 0.1) is 17.3 Å². The molecule has 3 aromatic heterocycles. The highest BCUT2D eigenvalue weighted by Gasteiger charge is 2.16. The smallest absolute Gasteiger partial charge is 0.296 e. The van der Waals surface area contributed by atoms with Gasteiger partial charge >= 0.3 is 0 Å². The fourth-order valence-corrected chi connectivity index (χ4v) is 5.22. The molecule has 0 saturated carbocycles. The van der Waals surface area contributed by atoms with Crippen LogP contribution in [0.2, 0.25) is 0 Å². The lowest BCUT2D eigenvalue weighted by Gasteiger charge is -2.05. The third-order valence-corrected chi connectivity index (χ3v) is 7.22. The van der Waals surface area contributed by atoms with Gasteiger partial charge in [0.15, 0.2) is 5.69 Å². The Kier molecular flexibility index (Phi) is 6.54. The van der Waals surface area contributed by atoms with Gasteiger partial charge in [0.25, 0.3) is 11.1 Å². The van der Waals surface area contributed by atoms with Crippen LogP contribution in [0.5, 0.6) is 5.75 Å². The first kappa shape index (κ1) is 25.0.